The van der Waals surface area contributed by atoms with Gasteiger partial charge < -0.3 is 16.0 Å². The summed E-state index contributed by atoms with van der Waals surface area (Å²) in [5.41, 5.74) is 5.66. The van der Waals surface area contributed by atoms with Gasteiger partial charge in [0.2, 0.25) is 17.6 Å². The van der Waals surface area contributed by atoms with Crippen molar-refractivity contribution in [2.75, 3.05) is 29.0 Å². The molecule has 23 heavy (non-hydrogen) atoms. The summed E-state index contributed by atoms with van der Waals surface area (Å²) in [5, 5.41) is 14.6. The van der Waals surface area contributed by atoms with Crippen molar-refractivity contribution in [1.29, 1.82) is 0 Å². The second-order valence-corrected chi connectivity index (χ2v) is 6.67. The average Bonchev–Trinajstić information content (AvgIpc) is 2.44. The monoisotopic (exact) mass is 322 g/mol. The van der Waals surface area contributed by atoms with Crippen LogP contribution < -0.4 is 16.0 Å². The van der Waals surface area contributed by atoms with Crippen LogP contribution in [0.3, 0.4) is 0 Å². The molecule has 128 valence electrons. The van der Waals surface area contributed by atoms with Crippen LogP contribution in [0.1, 0.15) is 40.5 Å². The molecule has 2 rings (SSSR count). The molecule has 3 N–H and O–H groups in total. The number of rotatable bonds is 5. The lowest BCUT2D eigenvalue weighted by Crippen LogP contribution is -2.39. The number of nitrogen functional groups attached to an aromatic ring is 1. The van der Waals surface area contributed by atoms with Gasteiger partial charge in [-0.2, -0.15) is 9.97 Å². The van der Waals surface area contributed by atoms with Crippen molar-refractivity contribution in [1.82, 2.24) is 9.97 Å². The van der Waals surface area contributed by atoms with Gasteiger partial charge in [0, 0.05) is 19.1 Å². The summed E-state index contributed by atoms with van der Waals surface area (Å²) in [5.74, 6) is 1.51. The highest BCUT2D eigenvalue weighted by molar-refractivity contribution is 5.71. The van der Waals surface area contributed by atoms with Crippen LogP contribution in [0.15, 0.2) is 0 Å². The number of anilines is 3. The SMILES string of the molecule is CC[C@H](C)Nc1nc(N)c([N+](=O)[O-])c(N2C[C@@H](C)C[C@H](C)C2)n1. The smallest absolute Gasteiger partial charge is 0.353 e. The molecule has 0 unspecified atom stereocenters. The lowest BCUT2D eigenvalue weighted by Gasteiger charge is -2.35. The first-order chi connectivity index (χ1) is 10.8. The van der Waals surface area contributed by atoms with Crippen molar-refractivity contribution in [2.24, 2.45) is 11.8 Å². The normalized spacial score (nSPS) is 22.7. The van der Waals surface area contributed by atoms with E-state index in [0.717, 1.165) is 25.9 Å². The Morgan fingerprint density at radius 1 is 1.39 bits per heavy atom. The predicted octanol–water partition coefficient (Wildman–Crippen LogP) is 2.66. The van der Waals surface area contributed by atoms with Crippen LogP contribution in [-0.2, 0) is 0 Å². The molecule has 1 aliphatic heterocycles. The van der Waals surface area contributed by atoms with E-state index in [1.165, 1.54) is 0 Å². The van der Waals surface area contributed by atoms with E-state index < -0.39 is 4.92 Å². The fourth-order valence-corrected chi connectivity index (χ4v) is 3.08. The van der Waals surface area contributed by atoms with E-state index in [9.17, 15) is 10.1 Å². The van der Waals surface area contributed by atoms with E-state index in [1.54, 1.807) is 0 Å². The van der Waals surface area contributed by atoms with Gasteiger partial charge in [-0.1, -0.05) is 20.8 Å². The molecule has 1 aromatic heterocycles. The first-order valence-corrected chi connectivity index (χ1v) is 8.15. The van der Waals surface area contributed by atoms with Crippen LogP contribution in [0.25, 0.3) is 0 Å². The second-order valence-electron chi connectivity index (χ2n) is 6.67. The van der Waals surface area contributed by atoms with E-state index in [1.807, 2.05) is 18.7 Å². The van der Waals surface area contributed by atoms with Gasteiger partial charge in [-0.15, -0.1) is 0 Å². The van der Waals surface area contributed by atoms with E-state index in [-0.39, 0.29) is 17.5 Å². The van der Waals surface area contributed by atoms with Crippen molar-refractivity contribution in [3.63, 3.8) is 0 Å². The van der Waals surface area contributed by atoms with Gasteiger partial charge >= 0.3 is 5.69 Å². The van der Waals surface area contributed by atoms with Gasteiger partial charge in [-0.25, -0.2) is 0 Å². The molecule has 1 aliphatic rings. The summed E-state index contributed by atoms with van der Waals surface area (Å²) in [4.78, 5) is 21.4. The topological polar surface area (TPSA) is 110 Å². The molecule has 0 aromatic carbocycles. The Hall–Kier alpha value is -2.12. The molecule has 2 heterocycles. The Morgan fingerprint density at radius 2 is 2.00 bits per heavy atom. The maximum absolute atomic E-state index is 11.4. The second kappa shape index (κ2) is 6.97. The van der Waals surface area contributed by atoms with Crippen LogP contribution in [-0.4, -0.2) is 34.0 Å². The van der Waals surface area contributed by atoms with Gasteiger partial charge in [-0.05, 0) is 31.6 Å². The zero-order valence-corrected chi connectivity index (χ0v) is 14.2. The van der Waals surface area contributed by atoms with Crippen molar-refractivity contribution in [3.05, 3.63) is 10.1 Å². The number of nitro groups is 1. The highest BCUT2D eigenvalue weighted by Gasteiger charge is 2.31. The minimum atomic E-state index is -0.484. The molecule has 8 heteroatoms. The standard InChI is InChI=1S/C15H26N6O2/c1-5-11(4)17-15-18-13(16)12(21(22)23)14(19-15)20-7-9(2)6-10(3)8-20/h9-11H,5-8H2,1-4H3,(H3,16,17,18,19)/t9-,10-,11-/m0/s1. The van der Waals surface area contributed by atoms with E-state index in [4.69, 9.17) is 5.73 Å². The Labute approximate surface area is 136 Å². The number of aromatic nitrogens is 2. The molecule has 0 aliphatic carbocycles. The van der Waals surface area contributed by atoms with Crippen molar-refractivity contribution < 1.29 is 4.92 Å². The molecule has 0 spiro atoms. The van der Waals surface area contributed by atoms with Crippen molar-refractivity contribution in [2.45, 2.75) is 46.6 Å². The lowest BCUT2D eigenvalue weighted by atomic mass is 9.92. The largest absolute Gasteiger partial charge is 0.378 e. The number of hydrogen-bond acceptors (Lipinski definition) is 7. The van der Waals surface area contributed by atoms with Crippen LogP contribution in [0.2, 0.25) is 0 Å². The van der Waals surface area contributed by atoms with Crippen LogP contribution in [0, 0.1) is 22.0 Å². The quantitative estimate of drug-likeness (QED) is 0.633. The minimum Gasteiger partial charge on any atom is -0.378 e. The van der Waals surface area contributed by atoms with Gasteiger partial charge in [0.25, 0.3) is 0 Å². The van der Waals surface area contributed by atoms with E-state index >= 15 is 0 Å². The molecule has 0 bridgehead atoms. The Bertz CT molecular complexity index is 569. The highest BCUT2D eigenvalue weighted by Crippen LogP contribution is 2.35. The molecule has 1 fully saturated rings. The summed E-state index contributed by atoms with van der Waals surface area (Å²) in [6, 6.07) is 0.169. The summed E-state index contributed by atoms with van der Waals surface area (Å²) in [7, 11) is 0. The Morgan fingerprint density at radius 3 is 2.52 bits per heavy atom. The maximum atomic E-state index is 11.4. The third-order valence-electron chi connectivity index (χ3n) is 4.23. The van der Waals surface area contributed by atoms with Crippen LogP contribution >= 0.6 is 0 Å². The number of nitrogens with one attached hydrogen (secondary N) is 1. The minimum absolute atomic E-state index is 0.0864. The van der Waals surface area contributed by atoms with Crippen LogP contribution in [0.4, 0.5) is 23.3 Å². The maximum Gasteiger partial charge on any atom is 0.353 e. The van der Waals surface area contributed by atoms with Gasteiger partial charge in [0.05, 0.1) is 4.92 Å². The van der Waals surface area contributed by atoms with Gasteiger partial charge in [-0.3, -0.25) is 10.1 Å². The first kappa shape index (κ1) is 17.2. The third kappa shape index (κ3) is 4.00. The van der Waals surface area contributed by atoms with E-state index in [2.05, 4.69) is 29.1 Å². The molecule has 1 aromatic rings. The molecule has 3 atom stereocenters. The molecule has 1 saturated heterocycles. The van der Waals surface area contributed by atoms with Crippen molar-refractivity contribution >= 4 is 23.3 Å². The van der Waals surface area contributed by atoms with Crippen LogP contribution in [0.5, 0.6) is 0 Å². The molecular formula is C15H26N6O2. The number of piperidine rings is 1. The van der Waals surface area contributed by atoms with Gasteiger partial charge in [0.1, 0.15) is 0 Å². The number of nitrogens with two attached hydrogens (primary N) is 1. The molecule has 8 nitrogen and oxygen atoms in total. The Balaban J connectivity index is 2.43. The average molecular weight is 322 g/mol. The molecular weight excluding hydrogens is 296 g/mol. The molecule has 0 saturated carbocycles. The fraction of sp³-hybridized carbons (Fsp3) is 0.733. The van der Waals surface area contributed by atoms with Gasteiger partial charge in [0.15, 0.2) is 0 Å². The summed E-state index contributed by atoms with van der Waals surface area (Å²) < 4.78 is 0. The lowest BCUT2D eigenvalue weighted by molar-refractivity contribution is -0.383. The van der Waals surface area contributed by atoms with Crippen molar-refractivity contribution in [3.8, 4) is 0 Å². The predicted molar refractivity (Wildman–Crippen MR) is 91.6 cm³/mol. The third-order valence-corrected chi connectivity index (χ3v) is 4.23. The first-order valence-electron chi connectivity index (χ1n) is 8.15. The summed E-state index contributed by atoms with van der Waals surface area (Å²) >= 11 is 0. The molecule has 0 radical (unpaired) electrons. The summed E-state index contributed by atoms with van der Waals surface area (Å²) in [6.07, 6.45) is 2.01. The zero-order valence-electron chi connectivity index (χ0n) is 14.2. The number of hydrogen-bond donors (Lipinski definition) is 2. The summed E-state index contributed by atoms with van der Waals surface area (Å²) in [6.45, 7) is 9.83. The Kier molecular flexibility index (Phi) is 5.23. The number of nitrogens with zero attached hydrogens (tertiary/aromatic N) is 4. The zero-order chi connectivity index (χ0) is 17.1. The molecule has 0 amide bonds. The van der Waals surface area contributed by atoms with E-state index in [0.29, 0.717) is 23.6 Å². The highest BCUT2D eigenvalue weighted by atomic mass is 16.6. The fourth-order valence-electron chi connectivity index (χ4n) is 3.08.